The summed E-state index contributed by atoms with van der Waals surface area (Å²) < 4.78 is 4.73. The van der Waals surface area contributed by atoms with E-state index in [1.165, 1.54) is 19.0 Å². The van der Waals surface area contributed by atoms with Gasteiger partial charge in [0.25, 0.3) is 16.7 Å². The van der Waals surface area contributed by atoms with E-state index in [0.717, 1.165) is 60.9 Å². The number of aromatic nitrogens is 9. The van der Waals surface area contributed by atoms with Gasteiger partial charge in [0, 0.05) is 62.8 Å². The number of rotatable bonds is 6. The van der Waals surface area contributed by atoms with Gasteiger partial charge in [0.2, 0.25) is 0 Å². The summed E-state index contributed by atoms with van der Waals surface area (Å²) in [7, 11) is 0. The molecule has 0 spiro atoms. The quantitative estimate of drug-likeness (QED) is 0.135. The van der Waals surface area contributed by atoms with Crippen LogP contribution in [0.5, 0.6) is 0 Å². The van der Waals surface area contributed by atoms with Crippen molar-refractivity contribution in [2.24, 2.45) is 0 Å². The Morgan fingerprint density at radius 2 is 0.742 bits per heavy atom. The summed E-state index contributed by atoms with van der Waals surface area (Å²) in [6, 6.07) is 9.99. The summed E-state index contributed by atoms with van der Waals surface area (Å²) >= 11 is 0. The maximum Gasteiger partial charge on any atom is 0.274 e. The first-order chi connectivity index (χ1) is 31.7. The van der Waals surface area contributed by atoms with Crippen molar-refractivity contribution in [2.45, 2.75) is 105 Å². The lowest BCUT2D eigenvalue weighted by atomic mass is 10.1. The van der Waals surface area contributed by atoms with Crippen LogP contribution in [0.3, 0.4) is 0 Å². The van der Waals surface area contributed by atoms with Crippen LogP contribution < -0.4 is 44.1 Å². The Morgan fingerprint density at radius 3 is 1.06 bits per heavy atom. The van der Waals surface area contributed by atoms with Gasteiger partial charge in [0.1, 0.15) is 65.1 Å². The SMILES string of the molecule is Cc1cc(Nc2cc(C)c3n(c2=O)CCCCC3=O)ncn1.Cc1cc(Nc2cc(N)ncn2)c(=O)n2c1C(=O)CCCC2.Cc1cc(Nc2cc(N)ncn2)c(=O)n2c1C(=O)CCCC2. The Balaban J connectivity index is 0.000000147. The van der Waals surface area contributed by atoms with E-state index in [1.807, 2.05) is 27.7 Å². The normalized spacial score (nSPS) is 14.3. The number of nitrogen functional groups attached to an aromatic ring is 2. The van der Waals surface area contributed by atoms with E-state index in [9.17, 15) is 28.8 Å². The molecule has 0 fully saturated rings. The maximum absolute atomic E-state index is 12.7. The highest BCUT2D eigenvalue weighted by Crippen LogP contribution is 2.24. The molecule has 20 nitrogen and oxygen atoms in total. The number of fused-ring (bicyclic) bond motifs is 3. The Labute approximate surface area is 379 Å². The van der Waals surface area contributed by atoms with E-state index < -0.39 is 0 Å². The molecule has 3 aliphatic heterocycles. The minimum absolute atomic E-state index is 0.0323. The number of Topliss-reactive ketones (excluding diaryl/α,β-unsaturated/α-hetero) is 3. The average Bonchev–Trinajstić information content (AvgIpc) is 3.70. The van der Waals surface area contributed by atoms with Crippen molar-refractivity contribution < 1.29 is 14.4 Å². The molecule has 3 aliphatic rings. The number of carbonyl (C=O) groups excluding carboxylic acids is 3. The number of aryl methyl sites for hydroxylation is 4. The topological polar surface area (TPSA) is 283 Å². The highest BCUT2D eigenvalue weighted by Gasteiger charge is 2.24. The Kier molecular flexibility index (Phi) is 14.2. The highest BCUT2D eigenvalue weighted by atomic mass is 16.2. The minimum Gasteiger partial charge on any atom is -0.384 e. The molecule has 7 N–H and O–H groups in total. The van der Waals surface area contributed by atoms with E-state index in [0.29, 0.717) is 102 Å². The third-order valence-corrected chi connectivity index (χ3v) is 11.3. The van der Waals surface area contributed by atoms with Crippen LogP contribution in [0.4, 0.5) is 46.2 Å². The molecule has 20 heteroatoms. The van der Waals surface area contributed by atoms with Gasteiger partial charge >= 0.3 is 0 Å². The Bertz CT molecular complexity index is 2710. The van der Waals surface area contributed by atoms with Gasteiger partial charge in [-0.1, -0.05) is 0 Å². The summed E-state index contributed by atoms with van der Waals surface area (Å²) in [4.78, 5) is 98.3. The first kappa shape index (κ1) is 46.1. The van der Waals surface area contributed by atoms with Crippen LogP contribution in [0.2, 0.25) is 0 Å². The lowest BCUT2D eigenvalue weighted by Crippen LogP contribution is -2.27. The van der Waals surface area contributed by atoms with Gasteiger partial charge in [0.05, 0.1) is 17.1 Å². The van der Waals surface area contributed by atoms with Gasteiger partial charge in [-0.15, -0.1) is 0 Å². The van der Waals surface area contributed by atoms with Gasteiger partial charge < -0.3 is 41.1 Å². The molecule has 9 rings (SSSR count). The second-order valence-corrected chi connectivity index (χ2v) is 16.4. The summed E-state index contributed by atoms with van der Waals surface area (Å²) in [5.41, 5.74) is 16.6. The number of nitrogens with zero attached hydrogens (tertiary/aromatic N) is 9. The summed E-state index contributed by atoms with van der Waals surface area (Å²) in [5.74, 6) is 2.23. The fourth-order valence-corrected chi connectivity index (χ4v) is 8.28. The van der Waals surface area contributed by atoms with Crippen molar-refractivity contribution in [2.75, 3.05) is 27.4 Å². The average molecular weight is 897 g/mol. The number of carbonyl (C=O) groups is 3. The molecule has 0 saturated heterocycles. The lowest BCUT2D eigenvalue weighted by molar-refractivity contribution is 0.0967. The van der Waals surface area contributed by atoms with Crippen LogP contribution in [0.15, 0.2) is 69.8 Å². The van der Waals surface area contributed by atoms with Crippen LogP contribution in [0.1, 0.15) is 112 Å². The maximum atomic E-state index is 12.7. The molecule has 0 atom stereocenters. The number of hydrogen-bond acceptors (Lipinski definition) is 17. The molecule has 342 valence electrons. The van der Waals surface area contributed by atoms with Crippen molar-refractivity contribution in [1.29, 1.82) is 0 Å². The molecule has 6 aromatic rings. The Morgan fingerprint density at radius 1 is 0.424 bits per heavy atom. The van der Waals surface area contributed by atoms with Crippen LogP contribution in [0, 0.1) is 27.7 Å². The van der Waals surface area contributed by atoms with E-state index in [2.05, 4.69) is 45.9 Å². The monoisotopic (exact) mass is 896 g/mol. The third kappa shape index (κ3) is 10.5. The van der Waals surface area contributed by atoms with Gasteiger partial charge in [-0.05, 0) is 101 Å². The number of nitrogens with one attached hydrogen (secondary N) is 3. The largest absolute Gasteiger partial charge is 0.384 e. The smallest absolute Gasteiger partial charge is 0.274 e. The molecule has 0 aliphatic carbocycles. The summed E-state index contributed by atoms with van der Waals surface area (Å²) in [6.07, 6.45) is 10.5. The second-order valence-electron chi connectivity index (χ2n) is 16.4. The van der Waals surface area contributed by atoms with Crippen molar-refractivity contribution in [3.63, 3.8) is 0 Å². The standard InChI is InChI=1S/C16H18N4O2.2C15H17N5O2/c1-10-7-12(19-14-8-11(2)17-9-18-14)16(22)20-6-4-3-5-13(21)15(10)20;2*1-9-6-10(19-13-7-12(16)17-8-18-13)15(22)20-5-3-2-4-11(21)14(9)20/h7-9H,3-6H2,1-2H3,(H,17,18,19);2*6-8H,2-5H2,1H3,(H3,16,17,18,19). The molecule has 0 aromatic carbocycles. The predicted molar refractivity (Wildman–Crippen MR) is 250 cm³/mol. The third-order valence-electron chi connectivity index (χ3n) is 11.3. The zero-order chi connectivity index (χ0) is 47.1. The summed E-state index contributed by atoms with van der Waals surface area (Å²) in [6.45, 7) is 9.11. The van der Waals surface area contributed by atoms with Crippen molar-refractivity contribution in [3.8, 4) is 0 Å². The lowest BCUT2D eigenvalue weighted by Gasteiger charge is -2.14. The highest BCUT2D eigenvalue weighted by molar-refractivity contribution is 5.97. The minimum atomic E-state index is -0.215. The number of ketones is 3. The van der Waals surface area contributed by atoms with Crippen LogP contribution in [-0.2, 0) is 19.6 Å². The molecule has 0 unspecified atom stereocenters. The number of anilines is 8. The van der Waals surface area contributed by atoms with Crippen molar-refractivity contribution in [1.82, 2.24) is 43.6 Å². The fourth-order valence-electron chi connectivity index (χ4n) is 8.28. The molecule has 0 saturated carbocycles. The Hall–Kier alpha value is -7.90. The first-order valence-electron chi connectivity index (χ1n) is 21.8. The number of nitrogens with two attached hydrogens (primary N) is 2. The van der Waals surface area contributed by atoms with Crippen LogP contribution in [-0.4, -0.2) is 61.0 Å². The van der Waals surface area contributed by atoms with Gasteiger partial charge in [-0.2, -0.15) is 0 Å². The molecular formula is C46H52N14O6. The molecule has 0 amide bonds. The molecule has 6 aromatic heterocycles. The number of pyridine rings is 3. The van der Waals surface area contributed by atoms with E-state index in [1.54, 1.807) is 50.1 Å². The molecule has 9 heterocycles. The van der Waals surface area contributed by atoms with E-state index >= 15 is 0 Å². The summed E-state index contributed by atoms with van der Waals surface area (Å²) in [5, 5.41) is 8.97. The molecule has 0 bridgehead atoms. The molecule has 66 heavy (non-hydrogen) atoms. The van der Waals surface area contributed by atoms with Gasteiger partial charge in [-0.25, -0.2) is 29.9 Å². The van der Waals surface area contributed by atoms with Crippen molar-refractivity contribution in [3.05, 3.63) is 126 Å². The predicted octanol–water partition coefficient (Wildman–Crippen LogP) is 5.64. The van der Waals surface area contributed by atoms with Crippen LogP contribution >= 0.6 is 0 Å². The zero-order valence-electron chi connectivity index (χ0n) is 37.3. The van der Waals surface area contributed by atoms with Gasteiger partial charge in [0.15, 0.2) is 17.3 Å². The molecular weight excluding hydrogens is 845 g/mol. The van der Waals surface area contributed by atoms with E-state index in [4.69, 9.17) is 11.5 Å². The number of hydrogen-bond donors (Lipinski definition) is 5. The molecule has 0 radical (unpaired) electrons. The second kappa shape index (κ2) is 20.3. The van der Waals surface area contributed by atoms with Crippen LogP contribution in [0.25, 0.3) is 0 Å². The van der Waals surface area contributed by atoms with Crippen molar-refractivity contribution >= 4 is 63.5 Å². The fraction of sp³-hybridized carbons (Fsp3) is 0.348. The zero-order valence-corrected chi connectivity index (χ0v) is 37.3. The van der Waals surface area contributed by atoms with Gasteiger partial charge in [-0.3, -0.25) is 28.8 Å². The first-order valence-corrected chi connectivity index (χ1v) is 21.8. The van der Waals surface area contributed by atoms with E-state index in [-0.39, 0.29) is 34.0 Å².